The van der Waals surface area contributed by atoms with Crippen LogP contribution in [-0.4, -0.2) is 38.4 Å². The summed E-state index contributed by atoms with van der Waals surface area (Å²) in [6, 6.07) is 4.91. The van der Waals surface area contributed by atoms with Crippen molar-refractivity contribution in [3.8, 4) is 11.5 Å². The van der Waals surface area contributed by atoms with E-state index in [2.05, 4.69) is 20.5 Å². The molecule has 0 radical (unpaired) electrons. The summed E-state index contributed by atoms with van der Waals surface area (Å²) >= 11 is 0. The van der Waals surface area contributed by atoms with Crippen molar-refractivity contribution in [3.63, 3.8) is 0 Å². The van der Waals surface area contributed by atoms with Crippen molar-refractivity contribution in [2.75, 3.05) is 13.2 Å². The molecule has 0 bridgehead atoms. The zero-order valence-corrected chi connectivity index (χ0v) is 12.9. The third kappa shape index (κ3) is 2.92. The zero-order chi connectivity index (χ0) is 16.4. The van der Waals surface area contributed by atoms with Crippen molar-refractivity contribution in [1.29, 1.82) is 0 Å². The van der Waals surface area contributed by atoms with Crippen LogP contribution >= 0.6 is 0 Å². The summed E-state index contributed by atoms with van der Waals surface area (Å²) in [7, 11) is 0. The van der Waals surface area contributed by atoms with Gasteiger partial charge in [-0.25, -0.2) is 14.1 Å². The van der Waals surface area contributed by atoms with E-state index in [4.69, 9.17) is 9.15 Å². The quantitative estimate of drug-likeness (QED) is 0.731. The molecular weight excluding hydrogens is 313 g/mol. The number of tetrazole rings is 1. The van der Waals surface area contributed by atoms with Gasteiger partial charge in [-0.1, -0.05) is 6.07 Å². The second-order valence-electron chi connectivity index (χ2n) is 5.72. The van der Waals surface area contributed by atoms with Gasteiger partial charge in [0.15, 0.2) is 5.82 Å². The van der Waals surface area contributed by atoms with E-state index in [0.29, 0.717) is 30.2 Å². The van der Waals surface area contributed by atoms with E-state index in [1.54, 1.807) is 16.8 Å². The molecule has 0 amide bonds. The van der Waals surface area contributed by atoms with Gasteiger partial charge in [-0.05, 0) is 35.4 Å². The fourth-order valence-corrected chi connectivity index (χ4v) is 2.91. The second-order valence-corrected chi connectivity index (χ2v) is 5.72. The molecule has 0 spiro atoms. The van der Waals surface area contributed by atoms with Crippen molar-refractivity contribution in [2.45, 2.75) is 25.3 Å². The van der Waals surface area contributed by atoms with Crippen molar-refractivity contribution < 1.29 is 13.5 Å². The zero-order valence-electron chi connectivity index (χ0n) is 12.9. The molecule has 1 aliphatic rings. The molecule has 0 unspecified atom stereocenters. The van der Waals surface area contributed by atoms with Crippen LogP contribution in [0.25, 0.3) is 11.5 Å². The lowest BCUT2D eigenvalue weighted by atomic mass is 9.99. The summed E-state index contributed by atoms with van der Waals surface area (Å²) in [5, 5.41) is 11.9. The fraction of sp³-hybridized carbons (Fsp3) is 0.375. The highest BCUT2D eigenvalue weighted by atomic mass is 19.1. The Kier molecular flexibility index (Phi) is 4.04. The Hall–Kier alpha value is -2.61. The molecule has 3 heterocycles. The third-order valence-corrected chi connectivity index (χ3v) is 4.20. The second kappa shape index (κ2) is 6.48. The van der Waals surface area contributed by atoms with E-state index in [1.807, 2.05) is 0 Å². The number of rotatable bonds is 4. The third-order valence-electron chi connectivity index (χ3n) is 4.20. The van der Waals surface area contributed by atoms with Crippen LogP contribution in [0.4, 0.5) is 4.39 Å². The number of benzene rings is 1. The number of ether oxygens (including phenoxy) is 1. The normalized spacial score (nSPS) is 15.7. The molecule has 0 N–H and O–H groups in total. The van der Waals surface area contributed by atoms with E-state index >= 15 is 0 Å². The molecule has 0 aliphatic carbocycles. The summed E-state index contributed by atoms with van der Waals surface area (Å²) in [4.78, 5) is 4.03. The van der Waals surface area contributed by atoms with Crippen LogP contribution in [-0.2, 0) is 11.3 Å². The van der Waals surface area contributed by atoms with Crippen molar-refractivity contribution in [1.82, 2.24) is 25.2 Å². The maximum atomic E-state index is 14.4. The first-order chi connectivity index (χ1) is 11.8. The maximum Gasteiger partial charge on any atom is 0.225 e. The largest absolute Gasteiger partial charge is 0.445 e. The number of hydrogen-bond donors (Lipinski definition) is 0. The van der Waals surface area contributed by atoms with Gasteiger partial charge in [0.05, 0.1) is 12.7 Å². The lowest BCUT2D eigenvalue weighted by Gasteiger charge is -2.21. The van der Waals surface area contributed by atoms with Gasteiger partial charge in [0, 0.05) is 30.3 Å². The van der Waals surface area contributed by atoms with Crippen LogP contribution in [0.5, 0.6) is 0 Å². The van der Waals surface area contributed by atoms with Gasteiger partial charge in [-0.3, -0.25) is 0 Å². The van der Waals surface area contributed by atoms with Crippen LogP contribution < -0.4 is 0 Å². The smallest absolute Gasteiger partial charge is 0.225 e. The van der Waals surface area contributed by atoms with E-state index in [9.17, 15) is 4.39 Å². The van der Waals surface area contributed by atoms with E-state index in [0.717, 1.165) is 18.7 Å². The number of oxazole rings is 1. The first-order valence-electron chi connectivity index (χ1n) is 7.83. The Labute approximate surface area is 137 Å². The average molecular weight is 329 g/mol. The van der Waals surface area contributed by atoms with Crippen LogP contribution in [0.3, 0.4) is 0 Å². The van der Waals surface area contributed by atoms with Gasteiger partial charge in [-0.2, -0.15) is 0 Å². The molecule has 0 saturated carbocycles. The lowest BCUT2D eigenvalue weighted by molar-refractivity contribution is 0.0826. The fourth-order valence-electron chi connectivity index (χ4n) is 2.91. The molecule has 2 aromatic heterocycles. The molecule has 24 heavy (non-hydrogen) atoms. The number of nitrogens with zero attached hydrogens (tertiary/aromatic N) is 5. The monoisotopic (exact) mass is 329 g/mol. The highest BCUT2D eigenvalue weighted by Gasteiger charge is 2.22. The summed E-state index contributed by atoms with van der Waals surface area (Å²) in [5.74, 6) is 1.10. The SMILES string of the molecule is Fc1cc(-c2ncco2)ccc1Cn1nnnc1C1CCOCC1. The van der Waals surface area contributed by atoms with Crippen LogP contribution in [0, 0.1) is 5.82 Å². The first-order valence-corrected chi connectivity index (χ1v) is 7.83. The number of aromatic nitrogens is 5. The molecular formula is C16H16FN5O2. The predicted octanol–water partition coefficient (Wildman–Crippen LogP) is 2.41. The van der Waals surface area contributed by atoms with Gasteiger partial charge < -0.3 is 9.15 Å². The molecule has 124 valence electrons. The molecule has 0 atom stereocenters. The van der Waals surface area contributed by atoms with Gasteiger partial charge in [0.1, 0.15) is 12.1 Å². The standard InChI is InChI=1S/C16H16FN5O2/c17-14-9-12(16-18-5-8-24-16)1-2-13(14)10-22-15(19-20-21-22)11-3-6-23-7-4-11/h1-2,5,8-9,11H,3-4,6-7,10H2. The van der Waals surface area contributed by atoms with Gasteiger partial charge in [0.2, 0.25) is 5.89 Å². The Balaban J connectivity index is 1.57. The van der Waals surface area contributed by atoms with Crippen molar-refractivity contribution in [2.24, 2.45) is 0 Å². The maximum absolute atomic E-state index is 14.4. The molecule has 4 rings (SSSR count). The van der Waals surface area contributed by atoms with Crippen LogP contribution in [0.1, 0.15) is 30.1 Å². The lowest BCUT2D eigenvalue weighted by Crippen LogP contribution is -2.19. The topological polar surface area (TPSA) is 78.9 Å². The van der Waals surface area contributed by atoms with Crippen LogP contribution in [0.15, 0.2) is 35.1 Å². The highest BCUT2D eigenvalue weighted by molar-refractivity contribution is 5.53. The van der Waals surface area contributed by atoms with Gasteiger partial charge >= 0.3 is 0 Å². The molecule has 1 saturated heterocycles. The molecule has 1 fully saturated rings. The summed E-state index contributed by atoms with van der Waals surface area (Å²) in [5.41, 5.74) is 1.12. The summed E-state index contributed by atoms with van der Waals surface area (Å²) < 4.78 is 26.7. The minimum Gasteiger partial charge on any atom is -0.445 e. The van der Waals surface area contributed by atoms with Gasteiger partial charge in [-0.15, -0.1) is 5.10 Å². The van der Waals surface area contributed by atoms with E-state index in [-0.39, 0.29) is 18.3 Å². The molecule has 1 aliphatic heterocycles. The van der Waals surface area contributed by atoms with Crippen molar-refractivity contribution in [3.05, 3.63) is 47.9 Å². The average Bonchev–Trinajstić information content (AvgIpc) is 3.29. The first kappa shape index (κ1) is 14.9. The summed E-state index contributed by atoms with van der Waals surface area (Å²) in [6.07, 6.45) is 4.75. The van der Waals surface area contributed by atoms with Gasteiger partial charge in [0.25, 0.3) is 0 Å². The Morgan fingerprint density at radius 2 is 2.12 bits per heavy atom. The minimum absolute atomic E-state index is 0.253. The van der Waals surface area contributed by atoms with E-state index < -0.39 is 0 Å². The molecule has 8 heteroatoms. The summed E-state index contributed by atoms with van der Waals surface area (Å²) in [6.45, 7) is 1.70. The van der Waals surface area contributed by atoms with Crippen LogP contribution in [0.2, 0.25) is 0 Å². The Morgan fingerprint density at radius 1 is 1.25 bits per heavy atom. The molecule has 1 aromatic carbocycles. The minimum atomic E-state index is -0.334. The molecule has 3 aromatic rings. The Morgan fingerprint density at radius 3 is 2.88 bits per heavy atom. The molecule has 7 nitrogen and oxygen atoms in total. The van der Waals surface area contributed by atoms with E-state index in [1.165, 1.54) is 18.5 Å². The Bertz CT molecular complexity index is 812. The predicted molar refractivity (Wildman–Crippen MR) is 81.6 cm³/mol. The van der Waals surface area contributed by atoms with Crippen molar-refractivity contribution >= 4 is 0 Å². The number of halogens is 1. The number of hydrogen-bond acceptors (Lipinski definition) is 6. The highest BCUT2D eigenvalue weighted by Crippen LogP contribution is 2.26.